The van der Waals surface area contributed by atoms with Gasteiger partial charge in [-0.1, -0.05) is 0 Å². The van der Waals surface area contributed by atoms with E-state index in [0.29, 0.717) is 17.4 Å². The number of anilines is 4. The standard InChI is InChI=1S/C20H23N7O2/c1-28-16-5-4-15(14-17(16)29-2)24-19-21-9-6-18(25-19)26-10-12-27(13-11-26)20-22-7-3-8-23-20/h3-9,14H,10-13H2,1-2H3,(H,21,24,25). The maximum absolute atomic E-state index is 5.35. The summed E-state index contributed by atoms with van der Waals surface area (Å²) in [5.41, 5.74) is 0.825. The number of nitrogens with one attached hydrogen (secondary N) is 1. The van der Waals surface area contributed by atoms with Crippen molar-refractivity contribution in [2.24, 2.45) is 0 Å². The Hall–Kier alpha value is -3.62. The zero-order chi connectivity index (χ0) is 20.1. The van der Waals surface area contributed by atoms with Crippen LogP contribution in [0.4, 0.5) is 23.4 Å². The molecule has 3 aromatic rings. The molecule has 0 amide bonds. The van der Waals surface area contributed by atoms with Crippen LogP contribution in [0.1, 0.15) is 0 Å². The fourth-order valence-electron chi connectivity index (χ4n) is 3.22. The van der Waals surface area contributed by atoms with Gasteiger partial charge < -0.3 is 24.6 Å². The van der Waals surface area contributed by atoms with Gasteiger partial charge in [0.05, 0.1) is 14.2 Å². The Balaban J connectivity index is 1.43. The lowest BCUT2D eigenvalue weighted by molar-refractivity contribution is 0.355. The van der Waals surface area contributed by atoms with Gasteiger partial charge in [0, 0.05) is 56.5 Å². The van der Waals surface area contributed by atoms with E-state index in [2.05, 4.69) is 35.1 Å². The SMILES string of the molecule is COc1ccc(Nc2nccc(N3CCN(c4ncccn4)CC3)n2)cc1OC. The van der Waals surface area contributed by atoms with Crippen LogP contribution >= 0.6 is 0 Å². The van der Waals surface area contributed by atoms with Crippen molar-refractivity contribution >= 4 is 23.4 Å². The van der Waals surface area contributed by atoms with Gasteiger partial charge in [-0.2, -0.15) is 4.98 Å². The van der Waals surface area contributed by atoms with Crippen LogP contribution in [-0.2, 0) is 0 Å². The largest absolute Gasteiger partial charge is 0.493 e. The number of ether oxygens (including phenoxy) is 2. The van der Waals surface area contributed by atoms with Crippen LogP contribution in [0.3, 0.4) is 0 Å². The Morgan fingerprint density at radius 1 is 0.828 bits per heavy atom. The molecule has 0 unspecified atom stereocenters. The van der Waals surface area contributed by atoms with Gasteiger partial charge in [0.2, 0.25) is 11.9 Å². The van der Waals surface area contributed by atoms with Crippen LogP contribution in [0, 0.1) is 0 Å². The van der Waals surface area contributed by atoms with Crippen LogP contribution in [0.15, 0.2) is 48.9 Å². The second-order valence-electron chi connectivity index (χ2n) is 6.46. The third-order valence-corrected chi connectivity index (χ3v) is 4.72. The van der Waals surface area contributed by atoms with Crippen LogP contribution in [0.5, 0.6) is 11.5 Å². The molecule has 1 saturated heterocycles. The first kappa shape index (κ1) is 18.7. The van der Waals surface area contributed by atoms with E-state index < -0.39 is 0 Å². The van der Waals surface area contributed by atoms with Crippen molar-refractivity contribution in [3.05, 3.63) is 48.9 Å². The third-order valence-electron chi connectivity index (χ3n) is 4.72. The lowest BCUT2D eigenvalue weighted by Crippen LogP contribution is -2.47. The molecular formula is C20H23N7O2. The Morgan fingerprint density at radius 3 is 2.28 bits per heavy atom. The molecular weight excluding hydrogens is 370 g/mol. The monoisotopic (exact) mass is 393 g/mol. The highest BCUT2D eigenvalue weighted by molar-refractivity contribution is 5.60. The van der Waals surface area contributed by atoms with Crippen molar-refractivity contribution in [3.63, 3.8) is 0 Å². The highest BCUT2D eigenvalue weighted by Crippen LogP contribution is 2.30. The predicted octanol–water partition coefficient (Wildman–Crippen LogP) is 2.35. The summed E-state index contributed by atoms with van der Waals surface area (Å²) >= 11 is 0. The van der Waals surface area contributed by atoms with Crippen LogP contribution in [-0.4, -0.2) is 60.3 Å². The summed E-state index contributed by atoms with van der Waals surface area (Å²) in [6, 6.07) is 9.35. The minimum Gasteiger partial charge on any atom is -0.493 e. The van der Waals surface area contributed by atoms with E-state index in [1.807, 2.05) is 30.3 Å². The minimum atomic E-state index is 0.531. The van der Waals surface area contributed by atoms with E-state index in [9.17, 15) is 0 Å². The first-order chi connectivity index (χ1) is 14.3. The molecule has 9 nitrogen and oxygen atoms in total. The van der Waals surface area contributed by atoms with Crippen LogP contribution in [0.2, 0.25) is 0 Å². The lowest BCUT2D eigenvalue weighted by Gasteiger charge is -2.35. The second-order valence-corrected chi connectivity index (χ2v) is 6.46. The third kappa shape index (κ3) is 4.29. The van der Waals surface area contributed by atoms with E-state index in [-0.39, 0.29) is 0 Å². The van der Waals surface area contributed by atoms with E-state index in [1.165, 1.54) is 0 Å². The van der Waals surface area contributed by atoms with Crippen molar-refractivity contribution in [1.29, 1.82) is 0 Å². The molecule has 150 valence electrons. The number of nitrogens with zero attached hydrogens (tertiary/aromatic N) is 6. The minimum absolute atomic E-state index is 0.531. The van der Waals surface area contributed by atoms with Gasteiger partial charge in [0.1, 0.15) is 5.82 Å². The quantitative estimate of drug-likeness (QED) is 0.678. The molecule has 0 saturated carbocycles. The number of aromatic nitrogens is 4. The van der Waals surface area contributed by atoms with Crippen LogP contribution in [0.25, 0.3) is 0 Å². The maximum atomic E-state index is 5.35. The molecule has 1 N–H and O–H groups in total. The lowest BCUT2D eigenvalue weighted by atomic mass is 10.3. The highest BCUT2D eigenvalue weighted by Gasteiger charge is 2.20. The molecule has 1 aliphatic heterocycles. The van der Waals surface area contributed by atoms with Gasteiger partial charge in [0.25, 0.3) is 0 Å². The summed E-state index contributed by atoms with van der Waals surface area (Å²) in [6.07, 6.45) is 5.30. The summed E-state index contributed by atoms with van der Waals surface area (Å²) in [7, 11) is 3.22. The summed E-state index contributed by atoms with van der Waals surface area (Å²) in [5, 5.41) is 3.23. The van der Waals surface area contributed by atoms with E-state index in [4.69, 9.17) is 9.47 Å². The zero-order valence-electron chi connectivity index (χ0n) is 16.4. The summed E-state index contributed by atoms with van der Waals surface area (Å²) in [6.45, 7) is 3.36. The van der Waals surface area contributed by atoms with Gasteiger partial charge in [-0.05, 0) is 24.3 Å². The summed E-state index contributed by atoms with van der Waals surface area (Å²) in [5.74, 6) is 3.51. The number of methoxy groups -OCH3 is 2. The van der Waals surface area contributed by atoms with Gasteiger partial charge in [0.15, 0.2) is 11.5 Å². The number of hydrogen-bond acceptors (Lipinski definition) is 9. The van der Waals surface area contributed by atoms with Gasteiger partial charge in [-0.3, -0.25) is 0 Å². The molecule has 29 heavy (non-hydrogen) atoms. The van der Waals surface area contributed by atoms with Crippen molar-refractivity contribution < 1.29 is 9.47 Å². The molecule has 4 rings (SSSR count). The molecule has 0 bridgehead atoms. The van der Waals surface area contributed by atoms with Crippen molar-refractivity contribution in [3.8, 4) is 11.5 Å². The molecule has 0 aliphatic carbocycles. The number of rotatable bonds is 6. The molecule has 1 fully saturated rings. The normalized spacial score (nSPS) is 13.9. The molecule has 1 aliphatic rings. The van der Waals surface area contributed by atoms with Gasteiger partial charge in [-0.25, -0.2) is 15.0 Å². The van der Waals surface area contributed by atoms with Crippen LogP contribution < -0.4 is 24.6 Å². The van der Waals surface area contributed by atoms with E-state index in [1.54, 1.807) is 32.8 Å². The predicted molar refractivity (Wildman–Crippen MR) is 111 cm³/mol. The average Bonchev–Trinajstić information content (AvgIpc) is 2.80. The first-order valence-corrected chi connectivity index (χ1v) is 9.36. The van der Waals surface area contributed by atoms with Crippen molar-refractivity contribution in [2.45, 2.75) is 0 Å². The second kappa shape index (κ2) is 8.59. The Bertz CT molecular complexity index is 947. The number of hydrogen-bond donors (Lipinski definition) is 1. The molecule has 2 aromatic heterocycles. The topological polar surface area (TPSA) is 88.5 Å². The average molecular weight is 393 g/mol. The highest BCUT2D eigenvalue weighted by atomic mass is 16.5. The van der Waals surface area contributed by atoms with Crippen molar-refractivity contribution in [2.75, 3.05) is 55.5 Å². The molecule has 0 atom stereocenters. The van der Waals surface area contributed by atoms with Gasteiger partial charge >= 0.3 is 0 Å². The van der Waals surface area contributed by atoms with E-state index >= 15 is 0 Å². The van der Waals surface area contributed by atoms with E-state index in [0.717, 1.165) is 43.6 Å². The molecule has 9 heteroatoms. The first-order valence-electron chi connectivity index (χ1n) is 9.36. The smallest absolute Gasteiger partial charge is 0.229 e. The Morgan fingerprint density at radius 2 is 1.55 bits per heavy atom. The molecule has 0 radical (unpaired) electrons. The molecule has 3 heterocycles. The number of piperazine rings is 1. The maximum Gasteiger partial charge on any atom is 0.229 e. The fourth-order valence-corrected chi connectivity index (χ4v) is 3.22. The summed E-state index contributed by atoms with van der Waals surface area (Å²) < 4.78 is 10.6. The molecule has 0 spiro atoms. The number of benzene rings is 1. The van der Waals surface area contributed by atoms with Gasteiger partial charge in [-0.15, -0.1) is 0 Å². The zero-order valence-corrected chi connectivity index (χ0v) is 16.4. The summed E-state index contributed by atoms with van der Waals surface area (Å²) in [4.78, 5) is 22.1. The fraction of sp³-hybridized carbons (Fsp3) is 0.300. The Labute approximate surface area is 169 Å². The molecule has 1 aromatic carbocycles. The van der Waals surface area contributed by atoms with Crippen molar-refractivity contribution in [1.82, 2.24) is 19.9 Å². The Kier molecular flexibility index (Phi) is 5.55.